The number of rotatable bonds is 9. The summed E-state index contributed by atoms with van der Waals surface area (Å²) in [6, 6.07) is -2.42. The summed E-state index contributed by atoms with van der Waals surface area (Å²) in [6.07, 6.45) is -0.409. The maximum atomic E-state index is 11.5. The van der Waals surface area contributed by atoms with Gasteiger partial charge in [-0.2, -0.15) is 12.6 Å². The van der Waals surface area contributed by atoms with E-state index in [1.54, 1.807) is 0 Å². The third kappa shape index (κ3) is 10.3. The molecule has 0 spiro atoms. The van der Waals surface area contributed by atoms with Crippen molar-refractivity contribution in [3.05, 3.63) is 5.73 Å². The molecule has 0 aromatic heterocycles. The molecule has 2 amide bonds. The normalized spacial score (nSPS) is 12.5. The van der Waals surface area contributed by atoms with E-state index in [1.807, 2.05) is 0 Å². The molecule has 0 aliphatic heterocycles. The van der Waals surface area contributed by atoms with Crippen molar-refractivity contribution in [2.75, 3.05) is 12.3 Å². The Balaban J connectivity index is 0. The van der Waals surface area contributed by atoms with Crippen LogP contribution < -0.4 is 10.6 Å². The smallest absolute Gasteiger partial charge is 0.322 e. The average molecular weight is 501 g/mol. The molecule has 0 saturated heterocycles. The molecule has 2 atom stereocenters. The minimum atomic E-state index is -1.41. The number of aliphatic carboxylic acids is 2. The molecule has 11 heteroatoms. The molecule has 0 saturated carbocycles. The van der Waals surface area contributed by atoms with E-state index < -0.39 is 42.4 Å². The van der Waals surface area contributed by atoms with Gasteiger partial charge in [-0.15, -0.1) is 0 Å². The van der Waals surface area contributed by atoms with Crippen LogP contribution in [0, 0.1) is 0 Å². The van der Waals surface area contributed by atoms with Gasteiger partial charge in [-0.1, -0.05) is 6.42 Å². The van der Waals surface area contributed by atoms with E-state index in [-0.39, 0.29) is 39.7 Å². The third-order valence-electron chi connectivity index (χ3n) is 2.21. The van der Waals surface area contributed by atoms with Gasteiger partial charge in [0.15, 0.2) is 0 Å². The van der Waals surface area contributed by atoms with E-state index in [1.165, 1.54) is 0 Å². The van der Waals surface area contributed by atoms with E-state index in [9.17, 15) is 19.2 Å². The SMILES string of the molecule is [NH-][C@@H](CCC(=O)N[C@@H](CS)C(=O)NCC(=O)O)C(=O)O.[Pt]. The van der Waals surface area contributed by atoms with Gasteiger partial charge in [0.2, 0.25) is 11.8 Å². The maximum Gasteiger partial charge on any atom is 0.322 e. The molecule has 0 aliphatic rings. The fraction of sp³-hybridized carbons (Fsp3) is 0.600. The number of carbonyl (C=O) groups excluding carboxylic acids is 2. The molecular formula is C10H16N3O6PtS-. The summed E-state index contributed by atoms with van der Waals surface area (Å²) in [5, 5.41) is 21.3. The molecular weight excluding hydrogens is 485 g/mol. The van der Waals surface area contributed by atoms with Crippen LogP contribution in [-0.4, -0.2) is 58.3 Å². The number of amides is 2. The molecule has 5 N–H and O–H groups in total. The van der Waals surface area contributed by atoms with Crippen LogP contribution in [0.15, 0.2) is 0 Å². The predicted molar refractivity (Wildman–Crippen MR) is 71.4 cm³/mol. The Kier molecular flexibility index (Phi) is 12.2. The van der Waals surface area contributed by atoms with Crippen molar-refractivity contribution < 1.29 is 50.5 Å². The predicted octanol–water partition coefficient (Wildman–Crippen LogP) is -1.12. The zero-order valence-electron chi connectivity index (χ0n) is 10.8. The summed E-state index contributed by atoms with van der Waals surface area (Å²) >= 11 is 3.86. The van der Waals surface area contributed by atoms with Crippen molar-refractivity contribution >= 4 is 36.4 Å². The van der Waals surface area contributed by atoms with Crippen molar-refractivity contribution in [3.63, 3.8) is 0 Å². The summed E-state index contributed by atoms with van der Waals surface area (Å²) in [5.41, 5.74) is 7.11. The van der Waals surface area contributed by atoms with Crippen molar-refractivity contribution in [3.8, 4) is 0 Å². The Hall–Kier alpha value is -1.12. The molecule has 0 unspecified atom stereocenters. The van der Waals surface area contributed by atoms with E-state index >= 15 is 0 Å². The second kappa shape index (κ2) is 11.5. The van der Waals surface area contributed by atoms with Gasteiger partial charge < -0.3 is 26.6 Å². The van der Waals surface area contributed by atoms with Crippen LogP contribution in [0.4, 0.5) is 0 Å². The Morgan fingerprint density at radius 1 is 1.19 bits per heavy atom. The first-order valence-corrected chi connectivity index (χ1v) is 6.24. The first-order valence-electron chi connectivity index (χ1n) is 5.61. The van der Waals surface area contributed by atoms with Crippen LogP contribution in [0.5, 0.6) is 0 Å². The van der Waals surface area contributed by atoms with E-state index in [0.29, 0.717) is 0 Å². The molecule has 0 rings (SSSR count). The summed E-state index contributed by atoms with van der Waals surface area (Å²) in [6.45, 7) is -0.577. The van der Waals surface area contributed by atoms with Crippen molar-refractivity contribution in [2.24, 2.45) is 0 Å². The standard InChI is InChI=1S/C10H16N3O6S.Pt/c11-5(10(18)19)1-2-7(14)13-6(4-20)9(17)12-3-8(15)16;/h5-6,11,20H,1-4H2,(H,12,17)(H,13,14)(H,15,16)(H,18,19);/q-1;/t5-,6-;/m0./s1. The molecule has 21 heavy (non-hydrogen) atoms. The second-order valence-corrected chi connectivity index (χ2v) is 4.21. The Labute approximate surface area is 140 Å². The second-order valence-electron chi connectivity index (χ2n) is 3.84. The number of nitrogens with one attached hydrogen (secondary N) is 3. The van der Waals surface area contributed by atoms with Gasteiger partial charge in [0.25, 0.3) is 5.97 Å². The van der Waals surface area contributed by atoms with Gasteiger partial charge in [-0.25, -0.2) is 0 Å². The monoisotopic (exact) mass is 501 g/mol. The van der Waals surface area contributed by atoms with Crippen LogP contribution in [0.1, 0.15) is 12.8 Å². The molecule has 0 radical (unpaired) electrons. The Bertz CT molecular complexity index is 395. The number of carboxylic acids is 2. The summed E-state index contributed by atoms with van der Waals surface area (Å²) in [5.74, 6) is -3.89. The number of carbonyl (C=O) groups is 4. The zero-order valence-corrected chi connectivity index (χ0v) is 13.9. The topological polar surface area (TPSA) is 157 Å². The van der Waals surface area contributed by atoms with Gasteiger partial charge in [-0.3, -0.25) is 19.2 Å². The van der Waals surface area contributed by atoms with Crippen molar-refractivity contribution in [1.82, 2.24) is 10.6 Å². The van der Waals surface area contributed by atoms with Crippen LogP contribution in [0.2, 0.25) is 0 Å². The van der Waals surface area contributed by atoms with Gasteiger partial charge in [0.05, 0.1) is 0 Å². The van der Waals surface area contributed by atoms with E-state index in [2.05, 4.69) is 23.3 Å². The zero-order chi connectivity index (χ0) is 15.7. The van der Waals surface area contributed by atoms with Crippen LogP contribution in [0.25, 0.3) is 5.73 Å². The van der Waals surface area contributed by atoms with Crippen LogP contribution >= 0.6 is 12.6 Å². The first kappa shape index (κ1) is 22.2. The molecule has 124 valence electrons. The largest absolute Gasteiger partial charge is 0.665 e. The quantitative estimate of drug-likeness (QED) is 0.252. The summed E-state index contributed by atoms with van der Waals surface area (Å²) in [4.78, 5) is 43.6. The molecule has 9 nitrogen and oxygen atoms in total. The number of carboxylic acid groups (broad SMARTS) is 2. The third-order valence-corrected chi connectivity index (χ3v) is 2.57. The van der Waals surface area contributed by atoms with Gasteiger partial charge >= 0.3 is 5.97 Å². The van der Waals surface area contributed by atoms with E-state index in [0.717, 1.165) is 0 Å². The minimum Gasteiger partial charge on any atom is -0.665 e. The van der Waals surface area contributed by atoms with Gasteiger partial charge in [-0.05, 0) is 6.04 Å². The first-order chi connectivity index (χ1) is 9.27. The number of hydrogen-bond acceptors (Lipinski definition) is 5. The molecule has 0 aliphatic carbocycles. The fourth-order valence-corrected chi connectivity index (χ4v) is 1.40. The Morgan fingerprint density at radius 3 is 2.19 bits per heavy atom. The van der Waals surface area contributed by atoms with Gasteiger partial charge in [0.1, 0.15) is 12.6 Å². The molecule has 0 aromatic carbocycles. The molecule has 0 aromatic rings. The van der Waals surface area contributed by atoms with Crippen LogP contribution in [0.3, 0.4) is 0 Å². The Morgan fingerprint density at radius 2 is 1.76 bits per heavy atom. The number of thiol groups is 1. The molecule has 0 bridgehead atoms. The van der Waals surface area contributed by atoms with Crippen LogP contribution in [-0.2, 0) is 40.2 Å². The van der Waals surface area contributed by atoms with Crippen molar-refractivity contribution in [2.45, 2.75) is 24.9 Å². The average Bonchev–Trinajstić information content (AvgIpc) is 2.38. The van der Waals surface area contributed by atoms with Gasteiger partial charge in [0, 0.05) is 33.2 Å². The summed E-state index contributed by atoms with van der Waals surface area (Å²) < 4.78 is 0. The summed E-state index contributed by atoms with van der Waals surface area (Å²) in [7, 11) is 0. The minimum absolute atomic E-state index is 0. The van der Waals surface area contributed by atoms with E-state index in [4.69, 9.17) is 15.9 Å². The molecule has 0 fully saturated rings. The van der Waals surface area contributed by atoms with Crippen molar-refractivity contribution in [1.29, 1.82) is 0 Å². The number of hydrogen-bond donors (Lipinski definition) is 5. The maximum absolute atomic E-state index is 11.5. The molecule has 0 heterocycles. The fourth-order valence-electron chi connectivity index (χ4n) is 1.15.